The molecule has 3 nitrogen and oxygen atoms in total. The number of aromatic nitrogens is 1. The third-order valence-electron chi connectivity index (χ3n) is 6.18. The van der Waals surface area contributed by atoms with Gasteiger partial charge in [-0.15, -0.1) is 0 Å². The highest BCUT2D eigenvalue weighted by Crippen LogP contribution is 2.38. The third-order valence-corrected chi connectivity index (χ3v) is 6.18. The first-order valence-electron chi connectivity index (χ1n) is 9.41. The van der Waals surface area contributed by atoms with Gasteiger partial charge < -0.3 is 9.31 Å². The Labute approximate surface area is 159 Å². The van der Waals surface area contributed by atoms with E-state index in [1.165, 1.54) is 32.3 Å². The highest BCUT2D eigenvalue weighted by molar-refractivity contribution is 6.66. The molecule has 1 aromatic heterocycles. The summed E-state index contributed by atoms with van der Waals surface area (Å²) in [5.74, 6) is 0. The van der Waals surface area contributed by atoms with Gasteiger partial charge in [0, 0.05) is 17.8 Å². The van der Waals surface area contributed by atoms with E-state index in [0.29, 0.717) is 0 Å². The van der Waals surface area contributed by atoms with Crippen LogP contribution in [-0.2, 0) is 9.31 Å². The first-order chi connectivity index (χ1) is 12.9. The molecule has 0 N–H and O–H groups in total. The Kier molecular flexibility index (Phi) is 3.43. The largest absolute Gasteiger partial charge is 0.495 e. The van der Waals surface area contributed by atoms with E-state index in [0.717, 1.165) is 5.46 Å². The fraction of sp³-hybridized carbons (Fsp3) is 0.261. The maximum atomic E-state index is 6.36. The van der Waals surface area contributed by atoms with Crippen molar-refractivity contribution in [3.05, 3.63) is 60.9 Å². The van der Waals surface area contributed by atoms with Crippen LogP contribution >= 0.6 is 0 Å². The van der Waals surface area contributed by atoms with Gasteiger partial charge in [0.25, 0.3) is 0 Å². The zero-order chi connectivity index (χ0) is 18.8. The molecule has 0 spiro atoms. The van der Waals surface area contributed by atoms with Crippen molar-refractivity contribution in [2.75, 3.05) is 0 Å². The first kappa shape index (κ1) is 16.7. The van der Waals surface area contributed by atoms with Crippen molar-refractivity contribution in [3.8, 4) is 0 Å². The predicted molar refractivity (Wildman–Crippen MR) is 112 cm³/mol. The lowest BCUT2D eigenvalue weighted by molar-refractivity contribution is 0.00578. The highest BCUT2D eigenvalue weighted by atomic mass is 16.7. The second-order valence-electron chi connectivity index (χ2n) is 8.36. The molecule has 0 bridgehead atoms. The Morgan fingerprint density at radius 2 is 1.44 bits per heavy atom. The number of hydrogen-bond acceptors (Lipinski definition) is 3. The van der Waals surface area contributed by atoms with Crippen LogP contribution in [0.3, 0.4) is 0 Å². The quantitative estimate of drug-likeness (QED) is 0.362. The Morgan fingerprint density at radius 1 is 0.778 bits per heavy atom. The molecule has 27 heavy (non-hydrogen) atoms. The summed E-state index contributed by atoms with van der Waals surface area (Å²) >= 11 is 0. The van der Waals surface area contributed by atoms with Gasteiger partial charge in [-0.1, -0.05) is 42.5 Å². The molecule has 5 rings (SSSR count). The highest BCUT2D eigenvalue weighted by Gasteiger charge is 2.52. The zero-order valence-corrected chi connectivity index (χ0v) is 16.1. The third kappa shape index (κ3) is 2.40. The topological polar surface area (TPSA) is 31.4 Å². The molecule has 4 aromatic rings. The SMILES string of the molecule is CC1(C)OB(c2cc3ccc4ccncc4c3c3ccccc23)OC1(C)C. The summed E-state index contributed by atoms with van der Waals surface area (Å²) in [6, 6.07) is 17.1. The van der Waals surface area contributed by atoms with Gasteiger partial charge in [0.2, 0.25) is 0 Å². The lowest BCUT2D eigenvalue weighted by Gasteiger charge is -2.32. The van der Waals surface area contributed by atoms with E-state index in [-0.39, 0.29) is 18.3 Å². The summed E-state index contributed by atoms with van der Waals surface area (Å²) in [6.07, 6.45) is 3.80. The van der Waals surface area contributed by atoms with Crippen molar-refractivity contribution in [3.63, 3.8) is 0 Å². The Balaban J connectivity index is 1.83. The average molecular weight is 355 g/mol. The van der Waals surface area contributed by atoms with Gasteiger partial charge in [-0.3, -0.25) is 4.98 Å². The van der Waals surface area contributed by atoms with Crippen molar-refractivity contribution in [2.45, 2.75) is 38.9 Å². The van der Waals surface area contributed by atoms with E-state index in [4.69, 9.17) is 9.31 Å². The zero-order valence-electron chi connectivity index (χ0n) is 16.1. The van der Waals surface area contributed by atoms with Crippen LogP contribution < -0.4 is 5.46 Å². The van der Waals surface area contributed by atoms with Crippen LogP contribution in [-0.4, -0.2) is 23.3 Å². The molecule has 4 heteroatoms. The molecule has 1 aliphatic rings. The lowest BCUT2D eigenvalue weighted by Crippen LogP contribution is -2.41. The summed E-state index contributed by atoms with van der Waals surface area (Å²) in [5.41, 5.74) is 0.363. The second-order valence-corrected chi connectivity index (χ2v) is 8.36. The molecule has 0 aliphatic carbocycles. The second kappa shape index (κ2) is 5.54. The Hall–Kier alpha value is -2.43. The average Bonchev–Trinajstić information content (AvgIpc) is 2.88. The molecule has 134 valence electrons. The maximum absolute atomic E-state index is 6.36. The van der Waals surface area contributed by atoms with Crippen molar-refractivity contribution in [1.29, 1.82) is 0 Å². The number of rotatable bonds is 1. The monoisotopic (exact) mass is 355 g/mol. The molecule has 0 atom stereocenters. The molecule has 0 saturated carbocycles. The molecule has 0 unspecified atom stereocenters. The molecular formula is C23H22BNO2. The number of pyridine rings is 1. The van der Waals surface area contributed by atoms with Crippen LogP contribution in [0.2, 0.25) is 0 Å². The minimum absolute atomic E-state index is 0.360. The molecule has 1 fully saturated rings. The van der Waals surface area contributed by atoms with Crippen LogP contribution in [0.5, 0.6) is 0 Å². The Morgan fingerprint density at radius 3 is 2.19 bits per heavy atom. The number of fused-ring (bicyclic) bond motifs is 5. The fourth-order valence-electron chi connectivity index (χ4n) is 3.96. The van der Waals surface area contributed by atoms with Crippen LogP contribution in [0, 0.1) is 0 Å². The van der Waals surface area contributed by atoms with Crippen LogP contribution in [0.15, 0.2) is 60.9 Å². The van der Waals surface area contributed by atoms with Gasteiger partial charge >= 0.3 is 7.12 Å². The van der Waals surface area contributed by atoms with Crippen LogP contribution in [0.25, 0.3) is 32.3 Å². The van der Waals surface area contributed by atoms with Crippen LogP contribution in [0.1, 0.15) is 27.7 Å². The Bertz CT molecular complexity index is 1180. The van der Waals surface area contributed by atoms with Crippen LogP contribution in [0.4, 0.5) is 0 Å². The van der Waals surface area contributed by atoms with E-state index in [1.54, 1.807) is 0 Å². The summed E-state index contributed by atoms with van der Waals surface area (Å²) in [6.45, 7) is 8.37. The van der Waals surface area contributed by atoms with E-state index in [2.05, 4.69) is 81.2 Å². The predicted octanol–water partition coefficient (Wildman–Crippen LogP) is 4.84. The summed E-state index contributed by atoms with van der Waals surface area (Å²) < 4.78 is 12.7. The van der Waals surface area contributed by atoms with Crippen molar-refractivity contribution < 1.29 is 9.31 Å². The number of nitrogens with zero attached hydrogens (tertiary/aromatic N) is 1. The molecule has 2 heterocycles. The van der Waals surface area contributed by atoms with E-state index >= 15 is 0 Å². The normalized spacial score (nSPS) is 18.6. The summed E-state index contributed by atoms with van der Waals surface area (Å²) in [4.78, 5) is 4.36. The van der Waals surface area contributed by atoms with E-state index < -0.39 is 0 Å². The fourth-order valence-corrected chi connectivity index (χ4v) is 3.96. The minimum Gasteiger partial charge on any atom is -0.399 e. The van der Waals surface area contributed by atoms with Crippen molar-refractivity contribution in [2.24, 2.45) is 0 Å². The molecule has 1 aliphatic heterocycles. The standard InChI is InChI=1S/C23H22BNO2/c1-22(2)23(3,4)27-24(26-22)20-13-16-10-9-15-11-12-25-14-19(15)21(16)18-8-6-5-7-17(18)20/h5-14H,1-4H3. The molecule has 3 aromatic carbocycles. The minimum atomic E-state index is -0.381. The molecule has 0 radical (unpaired) electrons. The first-order valence-corrected chi connectivity index (χ1v) is 9.41. The van der Waals surface area contributed by atoms with Gasteiger partial charge in [-0.25, -0.2) is 0 Å². The lowest BCUT2D eigenvalue weighted by atomic mass is 9.74. The van der Waals surface area contributed by atoms with Gasteiger partial charge in [-0.05, 0) is 66.2 Å². The van der Waals surface area contributed by atoms with Gasteiger partial charge in [0.1, 0.15) is 0 Å². The van der Waals surface area contributed by atoms with Gasteiger partial charge in [0.15, 0.2) is 0 Å². The van der Waals surface area contributed by atoms with Gasteiger partial charge in [0.05, 0.1) is 11.2 Å². The number of hydrogen-bond donors (Lipinski definition) is 0. The van der Waals surface area contributed by atoms with Crippen molar-refractivity contribution >= 4 is 44.9 Å². The molecule has 0 amide bonds. The summed E-state index contributed by atoms with van der Waals surface area (Å²) in [7, 11) is -0.381. The molecular weight excluding hydrogens is 333 g/mol. The summed E-state index contributed by atoms with van der Waals surface area (Å²) in [5, 5.41) is 7.16. The molecule has 1 saturated heterocycles. The number of benzene rings is 3. The van der Waals surface area contributed by atoms with Gasteiger partial charge in [-0.2, -0.15) is 0 Å². The maximum Gasteiger partial charge on any atom is 0.495 e. The van der Waals surface area contributed by atoms with Crippen molar-refractivity contribution in [1.82, 2.24) is 4.98 Å². The van der Waals surface area contributed by atoms with E-state index in [1.807, 2.05) is 12.4 Å². The van der Waals surface area contributed by atoms with E-state index in [9.17, 15) is 0 Å². The smallest absolute Gasteiger partial charge is 0.399 e.